The fraction of sp³-hybridized carbons (Fsp3) is 0.292. The lowest BCUT2D eigenvalue weighted by molar-refractivity contribution is -0.143. The molecule has 0 radical (unpaired) electrons. The lowest BCUT2D eigenvalue weighted by atomic mass is 10.0. The van der Waals surface area contributed by atoms with Crippen molar-refractivity contribution in [3.8, 4) is 16.9 Å². The normalized spacial score (nSPS) is 14.9. The minimum Gasteiger partial charge on any atom is -0.481 e. The molecule has 1 saturated heterocycles. The van der Waals surface area contributed by atoms with Crippen LogP contribution in [-0.2, 0) is 9.59 Å². The first-order valence-corrected chi connectivity index (χ1v) is 11.4. The first kappa shape index (κ1) is 23.3. The molecule has 0 unspecified atom stereocenters. The second-order valence-electron chi connectivity index (χ2n) is 7.82. The summed E-state index contributed by atoms with van der Waals surface area (Å²) in [4.78, 5) is 32.4. The smallest absolute Gasteiger partial charge is 0.263 e. The summed E-state index contributed by atoms with van der Waals surface area (Å²) >= 11 is 12.7. The molecule has 1 fully saturated rings. The maximum Gasteiger partial charge on any atom is 0.263 e. The number of carbonyl (C=O) groups is 2. The number of rotatable bonds is 5. The van der Waals surface area contributed by atoms with E-state index in [0.29, 0.717) is 47.6 Å². The minimum atomic E-state index is -0.693. The molecule has 3 aromatic rings. The minimum absolute atomic E-state index is 0.0222. The van der Waals surface area contributed by atoms with Crippen molar-refractivity contribution in [1.29, 1.82) is 0 Å². The average molecular weight is 487 g/mol. The maximum absolute atomic E-state index is 12.9. The zero-order chi connectivity index (χ0) is 23.5. The van der Waals surface area contributed by atoms with Crippen molar-refractivity contribution < 1.29 is 14.3 Å². The van der Waals surface area contributed by atoms with Crippen LogP contribution in [0, 0.1) is 0 Å². The van der Waals surface area contributed by atoms with Crippen molar-refractivity contribution in [1.82, 2.24) is 14.8 Å². The van der Waals surface area contributed by atoms with Crippen LogP contribution in [0.25, 0.3) is 22.0 Å². The van der Waals surface area contributed by atoms with Gasteiger partial charge in [-0.25, -0.2) is 4.98 Å². The van der Waals surface area contributed by atoms with Crippen molar-refractivity contribution in [2.45, 2.75) is 13.0 Å². The van der Waals surface area contributed by atoms with Gasteiger partial charge in [0, 0.05) is 48.2 Å². The first-order valence-electron chi connectivity index (χ1n) is 10.7. The number of ether oxygens (including phenoxy) is 1. The van der Waals surface area contributed by atoms with E-state index < -0.39 is 6.10 Å². The number of hydrogen-bond acceptors (Lipinski definition) is 5. The van der Waals surface area contributed by atoms with Crippen molar-refractivity contribution in [3.05, 3.63) is 58.7 Å². The highest BCUT2D eigenvalue weighted by Crippen LogP contribution is 2.35. The molecule has 0 aliphatic carbocycles. The number of amides is 2. The van der Waals surface area contributed by atoms with Crippen LogP contribution in [0.4, 0.5) is 0 Å². The van der Waals surface area contributed by atoms with Crippen LogP contribution in [0.15, 0.2) is 48.5 Å². The molecule has 2 aromatic carbocycles. The molecule has 0 saturated carbocycles. The van der Waals surface area contributed by atoms with Gasteiger partial charge in [-0.2, -0.15) is 0 Å². The molecule has 0 spiro atoms. The van der Waals surface area contributed by atoms with Crippen molar-refractivity contribution >= 4 is 45.9 Å². The van der Waals surface area contributed by atoms with Crippen LogP contribution in [0.3, 0.4) is 0 Å². The molecule has 4 rings (SSSR count). The Morgan fingerprint density at radius 3 is 2.42 bits per heavy atom. The lowest BCUT2D eigenvalue weighted by Crippen LogP contribution is -2.54. The second kappa shape index (κ2) is 9.95. The molecular formula is C24H24Cl2N4O3. The van der Waals surface area contributed by atoms with Gasteiger partial charge in [0.05, 0.1) is 12.1 Å². The Hall–Kier alpha value is -2.87. The summed E-state index contributed by atoms with van der Waals surface area (Å²) in [5.41, 5.74) is 7.79. The SMILES string of the molecule is C[C@@H](Oc1ccc2c(-c3ccccc3Cl)cc(Cl)nc2c1)C(=O)N1CCN(C(=O)CN)CC1. The number of nitrogens with two attached hydrogens (primary N) is 1. The third-order valence-corrected chi connectivity index (χ3v) is 6.22. The van der Waals surface area contributed by atoms with Crippen LogP contribution in [-0.4, -0.2) is 65.4 Å². The van der Waals surface area contributed by atoms with Gasteiger partial charge in [0.15, 0.2) is 6.10 Å². The van der Waals surface area contributed by atoms with Crippen molar-refractivity contribution in [2.75, 3.05) is 32.7 Å². The Morgan fingerprint density at radius 1 is 1.03 bits per heavy atom. The standard InChI is InChI=1S/C24H24Cl2N4O3/c1-15(24(32)30-10-8-29(9-11-30)23(31)14-27)33-16-6-7-18-19(13-22(26)28-21(18)12-16)17-4-2-3-5-20(17)25/h2-7,12-13,15H,8-11,14,27H2,1H3/t15-/m1/s1. The van der Waals surface area contributed by atoms with E-state index in [9.17, 15) is 9.59 Å². The highest BCUT2D eigenvalue weighted by atomic mass is 35.5. The largest absolute Gasteiger partial charge is 0.481 e. The van der Waals surface area contributed by atoms with Gasteiger partial charge < -0.3 is 20.3 Å². The van der Waals surface area contributed by atoms with Gasteiger partial charge in [-0.05, 0) is 36.8 Å². The number of hydrogen-bond donors (Lipinski definition) is 1. The number of halogens is 2. The highest BCUT2D eigenvalue weighted by Gasteiger charge is 2.27. The van der Waals surface area contributed by atoms with E-state index in [4.69, 9.17) is 33.7 Å². The number of aromatic nitrogens is 1. The van der Waals surface area contributed by atoms with Crippen LogP contribution in [0.1, 0.15) is 6.92 Å². The summed E-state index contributed by atoms with van der Waals surface area (Å²) < 4.78 is 5.94. The third-order valence-electron chi connectivity index (χ3n) is 5.69. The molecule has 1 aliphatic heterocycles. The molecule has 1 aromatic heterocycles. The Kier molecular flexibility index (Phi) is 7.02. The third kappa shape index (κ3) is 5.05. The Bertz CT molecular complexity index is 1200. The molecule has 7 nitrogen and oxygen atoms in total. The van der Waals surface area contributed by atoms with Gasteiger partial charge in [-0.1, -0.05) is 41.4 Å². The Labute approximate surface area is 202 Å². The molecule has 2 heterocycles. The number of nitrogens with zero attached hydrogens (tertiary/aromatic N) is 3. The van der Waals surface area contributed by atoms with E-state index in [1.54, 1.807) is 34.9 Å². The molecule has 9 heteroatoms. The van der Waals surface area contributed by atoms with Crippen molar-refractivity contribution in [3.63, 3.8) is 0 Å². The van der Waals surface area contributed by atoms with Crippen LogP contribution in [0.2, 0.25) is 10.2 Å². The zero-order valence-electron chi connectivity index (χ0n) is 18.1. The molecule has 2 amide bonds. The fourth-order valence-corrected chi connectivity index (χ4v) is 4.41. The van der Waals surface area contributed by atoms with Crippen LogP contribution in [0.5, 0.6) is 5.75 Å². The second-order valence-corrected chi connectivity index (χ2v) is 8.62. The molecule has 1 aliphatic rings. The summed E-state index contributed by atoms with van der Waals surface area (Å²) in [5, 5.41) is 1.83. The predicted molar refractivity (Wildman–Crippen MR) is 130 cm³/mol. The van der Waals surface area contributed by atoms with E-state index in [-0.39, 0.29) is 18.4 Å². The van der Waals surface area contributed by atoms with E-state index in [1.807, 2.05) is 30.3 Å². The fourth-order valence-electron chi connectivity index (χ4n) is 3.97. The van der Waals surface area contributed by atoms with Gasteiger partial charge in [0.25, 0.3) is 5.91 Å². The topological polar surface area (TPSA) is 88.8 Å². The van der Waals surface area contributed by atoms with Gasteiger partial charge in [-0.3, -0.25) is 9.59 Å². The van der Waals surface area contributed by atoms with Crippen molar-refractivity contribution in [2.24, 2.45) is 5.73 Å². The number of benzene rings is 2. The zero-order valence-corrected chi connectivity index (χ0v) is 19.6. The van der Waals surface area contributed by atoms with Gasteiger partial charge >= 0.3 is 0 Å². The molecular weight excluding hydrogens is 463 g/mol. The molecule has 33 heavy (non-hydrogen) atoms. The average Bonchev–Trinajstić information content (AvgIpc) is 2.82. The lowest BCUT2D eigenvalue weighted by Gasteiger charge is -2.35. The first-order chi connectivity index (χ1) is 15.9. The van der Waals surface area contributed by atoms with Gasteiger partial charge in [0.1, 0.15) is 10.9 Å². The number of piperazine rings is 1. The molecule has 0 bridgehead atoms. The van der Waals surface area contributed by atoms with E-state index >= 15 is 0 Å². The van der Waals surface area contributed by atoms with Gasteiger partial charge in [0.2, 0.25) is 5.91 Å². The summed E-state index contributed by atoms with van der Waals surface area (Å²) in [5.74, 6) is 0.274. The summed E-state index contributed by atoms with van der Waals surface area (Å²) in [6.45, 7) is 3.54. The summed E-state index contributed by atoms with van der Waals surface area (Å²) in [6, 6.07) is 14.8. The maximum atomic E-state index is 12.9. The summed E-state index contributed by atoms with van der Waals surface area (Å²) in [7, 11) is 0. The Balaban J connectivity index is 1.51. The monoisotopic (exact) mass is 486 g/mol. The van der Waals surface area contributed by atoms with E-state index in [0.717, 1.165) is 16.5 Å². The molecule has 1 atom stereocenters. The number of carbonyl (C=O) groups excluding carboxylic acids is 2. The number of fused-ring (bicyclic) bond motifs is 1. The Morgan fingerprint density at radius 2 is 1.73 bits per heavy atom. The van der Waals surface area contributed by atoms with E-state index in [2.05, 4.69) is 4.98 Å². The van der Waals surface area contributed by atoms with E-state index in [1.165, 1.54) is 0 Å². The summed E-state index contributed by atoms with van der Waals surface area (Å²) in [6.07, 6.45) is -0.693. The molecule has 2 N–H and O–H groups in total. The van der Waals surface area contributed by atoms with Crippen LogP contribution >= 0.6 is 23.2 Å². The number of pyridine rings is 1. The quantitative estimate of drug-likeness (QED) is 0.556. The van der Waals surface area contributed by atoms with Crippen LogP contribution < -0.4 is 10.5 Å². The van der Waals surface area contributed by atoms with Gasteiger partial charge in [-0.15, -0.1) is 0 Å². The highest BCUT2D eigenvalue weighted by molar-refractivity contribution is 6.34. The molecule has 172 valence electrons. The predicted octanol–water partition coefficient (Wildman–Crippen LogP) is 3.61.